The number of benzene rings is 2. The molecule has 0 aromatic heterocycles. The van der Waals surface area contributed by atoms with Crippen LogP contribution in [-0.2, 0) is 5.75 Å². The first-order valence-corrected chi connectivity index (χ1v) is 7.17. The number of carbonyl (C=O) groups excluding carboxylic acids is 1. The quantitative estimate of drug-likeness (QED) is 0.265. The number of hydrogen-bond acceptors (Lipinski definition) is 4. The molecule has 0 unspecified atom stereocenters. The predicted molar refractivity (Wildman–Crippen MR) is 83.2 cm³/mol. The summed E-state index contributed by atoms with van der Waals surface area (Å²) in [6.45, 7) is 2.05. The van der Waals surface area contributed by atoms with Crippen LogP contribution in [0.1, 0.15) is 21.5 Å². The summed E-state index contributed by atoms with van der Waals surface area (Å²) in [4.78, 5) is 12.5. The van der Waals surface area contributed by atoms with Crippen molar-refractivity contribution in [3.05, 3.63) is 59.2 Å². The molecule has 4 nitrogen and oxygen atoms in total. The fourth-order valence-electron chi connectivity index (χ4n) is 1.83. The van der Waals surface area contributed by atoms with Gasteiger partial charge < -0.3 is 5.73 Å². The monoisotopic (exact) mass is 287 g/mol. The van der Waals surface area contributed by atoms with Crippen molar-refractivity contribution in [1.82, 2.24) is 5.43 Å². The summed E-state index contributed by atoms with van der Waals surface area (Å²) in [6, 6.07) is 13.3. The Bertz CT molecular complexity index is 611. The van der Waals surface area contributed by atoms with E-state index < -0.39 is 0 Å². The van der Waals surface area contributed by atoms with Gasteiger partial charge >= 0.3 is 0 Å². The lowest BCUT2D eigenvalue weighted by Crippen LogP contribution is -2.29. The van der Waals surface area contributed by atoms with Crippen molar-refractivity contribution in [2.45, 2.75) is 17.6 Å². The topological polar surface area (TPSA) is 81.1 Å². The average Bonchev–Trinajstić information content (AvgIpc) is 2.46. The van der Waals surface area contributed by atoms with Gasteiger partial charge in [-0.25, -0.2) is 5.84 Å². The minimum Gasteiger partial charge on any atom is -0.399 e. The van der Waals surface area contributed by atoms with Crippen molar-refractivity contribution in [1.29, 1.82) is 0 Å². The van der Waals surface area contributed by atoms with E-state index in [1.165, 1.54) is 10.5 Å². The van der Waals surface area contributed by atoms with Gasteiger partial charge in [-0.05, 0) is 48.4 Å². The Morgan fingerprint density at radius 1 is 1.20 bits per heavy atom. The molecule has 0 aliphatic heterocycles. The fourth-order valence-corrected chi connectivity index (χ4v) is 2.80. The highest BCUT2D eigenvalue weighted by molar-refractivity contribution is 7.98. The van der Waals surface area contributed by atoms with Crippen molar-refractivity contribution >= 4 is 23.4 Å². The van der Waals surface area contributed by atoms with Crippen molar-refractivity contribution in [3.63, 3.8) is 0 Å². The van der Waals surface area contributed by atoms with E-state index in [2.05, 4.69) is 5.43 Å². The molecule has 20 heavy (non-hydrogen) atoms. The number of rotatable bonds is 4. The van der Waals surface area contributed by atoms with E-state index in [1.807, 2.05) is 37.3 Å². The molecule has 0 spiro atoms. The molecule has 0 radical (unpaired) electrons. The third kappa shape index (κ3) is 3.53. The minimum atomic E-state index is -0.279. The number of nitrogens with one attached hydrogen (secondary N) is 1. The van der Waals surface area contributed by atoms with Crippen molar-refractivity contribution in [2.75, 3.05) is 5.73 Å². The van der Waals surface area contributed by atoms with E-state index in [1.54, 1.807) is 23.9 Å². The second kappa shape index (κ2) is 6.45. The number of thioether (sulfide) groups is 1. The lowest BCUT2D eigenvalue weighted by Gasteiger charge is -2.07. The molecule has 104 valence electrons. The van der Waals surface area contributed by atoms with Gasteiger partial charge in [0.2, 0.25) is 0 Å². The largest absolute Gasteiger partial charge is 0.399 e. The predicted octanol–water partition coefficient (Wildman–Crippen LogP) is 2.47. The highest BCUT2D eigenvalue weighted by atomic mass is 32.2. The summed E-state index contributed by atoms with van der Waals surface area (Å²) in [5.74, 6) is 5.66. The van der Waals surface area contributed by atoms with Crippen LogP contribution in [0, 0.1) is 6.92 Å². The standard InChI is InChI=1S/C15H17N3OS/c1-10-8-13(16)6-7-14(10)20-9-11-2-4-12(5-3-11)15(19)18-17/h2-8H,9,16-17H2,1H3,(H,18,19). The summed E-state index contributed by atoms with van der Waals surface area (Å²) in [7, 11) is 0. The SMILES string of the molecule is Cc1cc(N)ccc1SCc1ccc(C(=O)NN)cc1. The Labute approximate surface area is 122 Å². The van der Waals surface area contributed by atoms with Gasteiger partial charge in [-0.1, -0.05) is 12.1 Å². The smallest absolute Gasteiger partial charge is 0.265 e. The van der Waals surface area contributed by atoms with Crippen LogP contribution >= 0.6 is 11.8 Å². The first-order chi connectivity index (χ1) is 9.60. The van der Waals surface area contributed by atoms with E-state index in [9.17, 15) is 4.79 Å². The number of carbonyl (C=O) groups is 1. The molecule has 5 heteroatoms. The van der Waals surface area contributed by atoms with Gasteiger partial charge in [-0.3, -0.25) is 10.2 Å². The lowest BCUT2D eigenvalue weighted by atomic mass is 10.1. The Hall–Kier alpha value is -1.98. The first kappa shape index (κ1) is 14.4. The van der Waals surface area contributed by atoms with Crippen LogP contribution in [0.15, 0.2) is 47.4 Å². The zero-order chi connectivity index (χ0) is 14.5. The van der Waals surface area contributed by atoms with Gasteiger partial charge in [0.05, 0.1) is 0 Å². The molecule has 2 aromatic rings. The molecule has 0 atom stereocenters. The molecule has 0 fully saturated rings. The van der Waals surface area contributed by atoms with Gasteiger partial charge in [0.15, 0.2) is 0 Å². The first-order valence-electron chi connectivity index (χ1n) is 6.19. The molecule has 0 bridgehead atoms. The van der Waals surface area contributed by atoms with E-state index in [4.69, 9.17) is 11.6 Å². The van der Waals surface area contributed by atoms with Crippen molar-refractivity contribution < 1.29 is 4.79 Å². The number of hydrogen-bond donors (Lipinski definition) is 3. The van der Waals surface area contributed by atoms with Crippen LogP contribution in [0.25, 0.3) is 0 Å². The minimum absolute atomic E-state index is 0.279. The second-order valence-electron chi connectivity index (χ2n) is 4.48. The van der Waals surface area contributed by atoms with Crippen molar-refractivity contribution in [2.24, 2.45) is 5.84 Å². The number of amides is 1. The Morgan fingerprint density at radius 3 is 2.50 bits per heavy atom. The van der Waals surface area contributed by atoms with Crippen LogP contribution in [0.5, 0.6) is 0 Å². The molecule has 0 saturated carbocycles. The summed E-state index contributed by atoms with van der Waals surface area (Å²) in [5, 5.41) is 0. The number of anilines is 1. The van der Waals surface area contributed by atoms with Crippen LogP contribution in [0.4, 0.5) is 5.69 Å². The van der Waals surface area contributed by atoms with Crippen LogP contribution in [0.2, 0.25) is 0 Å². The molecule has 0 aliphatic carbocycles. The molecule has 0 saturated heterocycles. The third-order valence-electron chi connectivity index (χ3n) is 2.94. The zero-order valence-corrected chi connectivity index (χ0v) is 12.0. The highest BCUT2D eigenvalue weighted by Gasteiger charge is 2.04. The molecule has 0 heterocycles. The second-order valence-corrected chi connectivity index (χ2v) is 5.50. The zero-order valence-electron chi connectivity index (χ0n) is 11.2. The molecule has 2 rings (SSSR count). The summed E-state index contributed by atoms with van der Waals surface area (Å²) < 4.78 is 0. The Kier molecular flexibility index (Phi) is 4.65. The molecule has 5 N–H and O–H groups in total. The van der Waals surface area contributed by atoms with E-state index in [0.717, 1.165) is 17.0 Å². The number of nitrogen functional groups attached to an aromatic ring is 2. The highest BCUT2D eigenvalue weighted by Crippen LogP contribution is 2.27. The van der Waals surface area contributed by atoms with E-state index >= 15 is 0 Å². The van der Waals surface area contributed by atoms with Gasteiger partial charge in [-0.2, -0.15) is 0 Å². The molecule has 0 aliphatic rings. The van der Waals surface area contributed by atoms with Gasteiger partial charge in [0.1, 0.15) is 0 Å². The summed E-state index contributed by atoms with van der Waals surface area (Å²) in [5.41, 5.74) is 11.5. The van der Waals surface area contributed by atoms with E-state index in [0.29, 0.717) is 5.56 Å². The molecule has 1 amide bonds. The normalized spacial score (nSPS) is 10.3. The third-order valence-corrected chi connectivity index (χ3v) is 4.19. The number of nitrogens with two attached hydrogens (primary N) is 2. The van der Waals surface area contributed by atoms with Crippen molar-refractivity contribution in [3.8, 4) is 0 Å². The Morgan fingerprint density at radius 2 is 1.90 bits per heavy atom. The number of aryl methyl sites for hydroxylation is 1. The fraction of sp³-hybridized carbons (Fsp3) is 0.133. The maximum atomic E-state index is 11.3. The maximum absolute atomic E-state index is 11.3. The lowest BCUT2D eigenvalue weighted by molar-refractivity contribution is 0.0953. The van der Waals surface area contributed by atoms with E-state index in [-0.39, 0.29) is 5.91 Å². The summed E-state index contributed by atoms with van der Waals surface area (Å²) in [6.07, 6.45) is 0. The van der Waals surface area contributed by atoms with Crippen LogP contribution < -0.4 is 17.0 Å². The van der Waals surface area contributed by atoms with Gasteiger partial charge in [-0.15, -0.1) is 11.8 Å². The number of hydrazine groups is 1. The average molecular weight is 287 g/mol. The molecular formula is C15H17N3OS. The molecular weight excluding hydrogens is 270 g/mol. The van der Waals surface area contributed by atoms with Gasteiger partial charge in [0, 0.05) is 21.9 Å². The summed E-state index contributed by atoms with van der Waals surface area (Å²) >= 11 is 1.75. The maximum Gasteiger partial charge on any atom is 0.265 e. The Balaban J connectivity index is 2.02. The van der Waals surface area contributed by atoms with Crippen LogP contribution in [0.3, 0.4) is 0 Å². The van der Waals surface area contributed by atoms with Gasteiger partial charge in [0.25, 0.3) is 5.91 Å². The van der Waals surface area contributed by atoms with Crippen LogP contribution in [-0.4, -0.2) is 5.91 Å². The molecule has 2 aromatic carbocycles.